The number of nitrogens with zero attached hydrogens (tertiary/aromatic N) is 1. The predicted octanol–water partition coefficient (Wildman–Crippen LogP) is 6.00. The number of halogens is 2. The van der Waals surface area contributed by atoms with Gasteiger partial charge in [0, 0.05) is 22.0 Å². The minimum absolute atomic E-state index is 0.00117. The summed E-state index contributed by atoms with van der Waals surface area (Å²) in [5.74, 6) is -0.631. The zero-order chi connectivity index (χ0) is 21.3. The summed E-state index contributed by atoms with van der Waals surface area (Å²) < 4.78 is 13.4. The second-order valence-electron chi connectivity index (χ2n) is 7.54. The summed E-state index contributed by atoms with van der Waals surface area (Å²) in [7, 11) is 0. The van der Waals surface area contributed by atoms with Crippen molar-refractivity contribution in [3.63, 3.8) is 0 Å². The van der Waals surface area contributed by atoms with Crippen molar-refractivity contribution >= 4 is 34.5 Å². The molecule has 30 heavy (non-hydrogen) atoms. The maximum absolute atomic E-state index is 13.4. The molecule has 0 radical (unpaired) electrons. The number of carbonyl (C=O) groups is 1. The summed E-state index contributed by atoms with van der Waals surface area (Å²) in [6, 6.07) is 14.6. The summed E-state index contributed by atoms with van der Waals surface area (Å²) in [6.45, 7) is 5.47. The molecule has 0 aliphatic carbocycles. The van der Waals surface area contributed by atoms with Gasteiger partial charge in [-0.25, -0.2) is 4.39 Å². The van der Waals surface area contributed by atoms with Gasteiger partial charge in [0.05, 0.1) is 17.6 Å². The van der Waals surface area contributed by atoms with Crippen LogP contribution in [0.25, 0.3) is 0 Å². The fraction of sp³-hybridized carbons (Fsp3) is 0.292. The Morgan fingerprint density at radius 2 is 2.03 bits per heavy atom. The van der Waals surface area contributed by atoms with Crippen molar-refractivity contribution in [2.75, 3.05) is 18.4 Å². The van der Waals surface area contributed by atoms with Gasteiger partial charge in [-0.1, -0.05) is 48.9 Å². The molecule has 0 fully saturated rings. The Kier molecular flexibility index (Phi) is 6.23. The molecule has 2 heterocycles. The maximum atomic E-state index is 13.4. The number of hydrogen-bond acceptors (Lipinski definition) is 3. The van der Waals surface area contributed by atoms with Gasteiger partial charge in [-0.2, -0.15) is 0 Å². The molecule has 1 aliphatic rings. The quantitative estimate of drug-likeness (QED) is 0.525. The third-order valence-electron chi connectivity index (χ3n) is 5.63. The number of thiophene rings is 1. The highest BCUT2D eigenvalue weighted by atomic mass is 35.5. The number of amides is 1. The minimum Gasteiger partial charge on any atom is -0.325 e. The summed E-state index contributed by atoms with van der Waals surface area (Å²) in [4.78, 5) is 17.8. The highest BCUT2D eigenvalue weighted by Gasteiger charge is 2.33. The number of benzene rings is 2. The van der Waals surface area contributed by atoms with Gasteiger partial charge >= 0.3 is 0 Å². The molecule has 0 saturated heterocycles. The van der Waals surface area contributed by atoms with E-state index in [2.05, 4.69) is 36.2 Å². The van der Waals surface area contributed by atoms with E-state index in [-0.39, 0.29) is 23.5 Å². The van der Waals surface area contributed by atoms with E-state index in [0.717, 1.165) is 19.4 Å². The van der Waals surface area contributed by atoms with Crippen LogP contribution in [-0.4, -0.2) is 23.9 Å². The van der Waals surface area contributed by atoms with Gasteiger partial charge in [-0.15, -0.1) is 11.3 Å². The number of aryl methyl sites for hydroxylation is 1. The lowest BCUT2D eigenvalue weighted by atomic mass is 9.91. The first-order valence-corrected chi connectivity index (χ1v) is 11.3. The molecule has 1 N–H and O–H groups in total. The third kappa shape index (κ3) is 4.15. The van der Waals surface area contributed by atoms with Crippen LogP contribution in [-0.2, 0) is 17.6 Å². The second-order valence-corrected chi connectivity index (χ2v) is 9.21. The zero-order valence-corrected chi connectivity index (χ0v) is 18.6. The summed E-state index contributed by atoms with van der Waals surface area (Å²) in [5, 5.41) is 2.85. The Balaban J connectivity index is 1.61. The van der Waals surface area contributed by atoms with E-state index in [1.165, 1.54) is 44.6 Å². The van der Waals surface area contributed by atoms with Crippen LogP contribution in [0.1, 0.15) is 39.4 Å². The summed E-state index contributed by atoms with van der Waals surface area (Å²) >= 11 is 7.69. The molecule has 2 aromatic carbocycles. The van der Waals surface area contributed by atoms with Gasteiger partial charge in [0.25, 0.3) is 0 Å². The van der Waals surface area contributed by atoms with E-state index in [4.69, 9.17) is 11.6 Å². The van der Waals surface area contributed by atoms with Crippen LogP contribution in [0.4, 0.5) is 10.1 Å². The van der Waals surface area contributed by atoms with Crippen molar-refractivity contribution in [3.05, 3.63) is 85.8 Å². The van der Waals surface area contributed by atoms with Crippen LogP contribution in [0.2, 0.25) is 5.02 Å². The van der Waals surface area contributed by atoms with E-state index in [1.54, 1.807) is 0 Å². The average molecular weight is 443 g/mol. The number of hydrogen-bond donors (Lipinski definition) is 1. The Hall–Kier alpha value is -2.21. The lowest BCUT2D eigenvalue weighted by Gasteiger charge is -2.36. The van der Waals surface area contributed by atoms with Crippen molar-refractivity contribution in [2.24, 2.45) is 0 Å². The number of carbonyl (C=O) groups excluding carboxylic acids is 1. The summed E-state index contributed by atoms with van der Waals surface area (Å²) in [6.07, 6.45) is 1.98. The van der Waals surface area contributed by atoms with Crippen molar-refractivity contribution < 1.29 is 9.18 Å². The largest absolute Gasteiger partial charge is 0.325 e. The Morgan fingerprint density at radius 1 is 1.27 bits per heavy atom. The van der Waals surface area contributed by atoms with Gasteiger partial charge in [-0.3, -0.25) is 9.69 Å². The molecular formula is C24H24ClFN2OS. The fourth-order valence-corrected chi connectivity index (χ4v) is 5.93. The normalized spacial score (nSPS) is 16.3. The number of rotatable bonds is 5. The lowest BCUT2D eigenvalue weighted by molar-refractivity contribution is -0.117. The van der Waals surface area contributed by atoms with E-state index in [1.807, 2.05) is 29.5 Å². The zero-order valence-electron chi connectivity index (χ0n) is 17.0. The first kappa shape index (κ1) is 21.0. The van der Waals surface area contributed by atoms with Crippen LogP contribution < -0.4 is 5.32 Å². The molecule has 1 amide bonds. The first-order valence-electron chi connectivity index (χ1n) is 10.1. The van der Waals surface area contributed by atoms with E-state index in [0.29, 0.717) is 5.69 Å². The number of fused-ring (bicyclic) bond motifs is 1. The molecule has 6 heteroatoms. The van der Waals surface area contributed by atoms with Crippen LogP contribution >= 0.6 is 22.9 Å². The van der Waals surface area contributed by atoms with E-state index >= 15 is 0 Å². The highest BCUT2D eigenvalue weighted by molar-refractivity contribution is 7.12. The molecular weight excluding hydrogens is 419 g/mol. The molecule has 1 atom stereocenters. The third-order valence-corrected chi connectivity index (χ3v) is 7.16. The van der Waals surface area contributed by atoms with Gasteiger partial charge in [0.15, 0.2) is 0 Å². The molecule has 156 valence electrons. The topological polar surface area (TPSA) is 32.3 Å². The maximum Gasteiger partial charge on any atom is 0.238 e. The van der Waals surface area contributed by atoms with Gasteiger partial charge < -0.3 is 5.32 Å². The molecule has 3 nitrogen and oxygen atoms in total. The summed E-state index contributed by atoms with van der Waals surface area (Å²) in [5.41, 5.74) is 4.61. The van der Waals surface area contributed by atoms with Gasteiger partial charge in [0.1, 0.15) is 5.82 Å². The van der Waals surface area contributed by atoms with Crippen molar-refractivity contribution in [1.82, 2.24) is 4.90 Å². The second kappa shape index (κ2) is 8.88. The number of anilines is 1. The van der Waals surface area contributed by atoms with Crippen molar-refractivity contribution in [3.8, 4) is 0 Å². The Labute approximate surface area is 185 Å². The molecule has 0 spiro atoms. The molecule has 1 aromatic heterocycles. The number of nitrogens with one attached hydrogen (secondary N) is 1. The molecule has 0 unspecified atom stereocenters. The Morgan fingerprint density at radius 3 is 2.73 bits per heavy atom. The van der Waals surface area contributed by atoms with Crippen molar-refractivity contribution in [2.45, 2.75) is 32.7 Å². The van der Waals surface area contributed by atoms with Crippen LogP contribution in [0.15, 0.2) is 48.5 Å². The first-order chi connectivity index (χ1) is 14.5. The van der Waals surface area contributed by atoms with E-state index < -0.39 is 5.82 Å². The smallest absolute Gasteiger partial charge is 0.238 e. The van der Waals surface area contributed by atoms with E-state index in [9.17, 15) is 9.18 Å². The van der Waals surface area contributed by atoms with Gasteiger partial charge in [0.2, 0.25) is 5.91 Å². The van der Waals surface area contributed by atoms with Crippen molar-refractivity contribution in [1.29, 1.82) is 0 Å². The fourth-order valence-electron chi connectivity index (χ4n) is 4.28. The minimum atomic E-state index is -0.498. The van der Waals surface area contributed by atoms with Crippen LogP contribution in [0.5, 0.6) is 0 Å². The molecule has 3 aromatic rings. The molecule has 4 rings (SSSR count). The molecule has 1 aliphatic heterocycles. The highest BCUT2D eigenvalue weighted by Crippen LogP contribution is 2.42. The van der Waals surface area contributed by atoms with Gasteiger partial charge in [-0.05, 0) is 54.7 Å². The standard InChI is InChI=1S/C24H24ClFN2OS/c1-3-18-15(2)30-24-19(18)11-12-28(23(24)16-7-5-4-6-8-16)14-22(29)27-17-9-10-21(26)20(25)13-17/h4-10,13,23H,3,11-12,14H2,1-2H3,(H,27,29)/t23-/m0/s1. The van der Waals surface area contributed by atoms with Crippen LogP contribution in [0.3, 0.4) is 0 Å². The van der Waals surface area contributed by atoms with Crippen LogP contribution in [0, 0.1) is 12.7 Å². The molecule has 0 saturated carbocycles. The monoisotopic (exact) mass is 442 g/mol. The molecule has 0 bridgehead atoms. The Bertz CT molecular complexity index is 1070. The lowest BCUT2D eigenvalue weighted by Crippen LogP contribution is -2.40. The average Bonchev–Trinajstić information content (AvgIpc) is 3.06. The predicted molar refractivity (Wildman–Crippen MR) is 122 cm³/mol. The SMILES string of the molecule is CCc1c(C)sc2c1CCN(CC(=O)Nc1ccc(F)c(Cl)c1)[C@H]2c1ccccc1.